The van der Waals surface area contributed by atoms with Gasteiger partial charge in [0.15, 0.2) is 0 Å². The van der Waals surface area contributed by atoms with Gasteiger partial charge in [0.25, 0.3) is 5.91 Å². The first-order valence-corrected chi connectivity index (χ1v) is 14.7. The fourth-order valence-corrected chi connectivity index (χ4v) is 5.07. The summed E-state index contributed by atoms with van der Waals surface area (Å²) in [5.41, 5.74) is 1.40. The van der Waals surface area contributed by atoms with E-state index in [1.165, 1.54) is 4.90 Å². The van der Waals surface area contributed by atoms with Crippen molar-refractivity contribution in [3.8, 4) is 11.5 Å². The Morgan fingerprint density at radius 3 is 2.49 bits per heavy atom. The Kier molecular flexibility index (Phi) is 11.2. The van der Waals surface area contributed by atoms with Gasteiger partial charge < -0.3 is 39.8 Å². The number of fused-ring (bicyclic) bond motifs is 1. The standard InChI is InChI=1S/C31H43N5O7/c1-21-18-36(22(2)20-37)30(39)26-17-24(32-29(38)11-12-35-13-15-42-16-14-35)7-10-27(26)43-28(21)19-34(3)31(40)33-23-5-8-25(41-4)9-6-23/h5-10,17,21-22,28,37H,11-16,18-20H2,1-4H3,(H,32,38)(H,33,40)/t21-,22-,28+/m0/s1. The molecule has 234 valence electrons. The number of hydrogen-bond acceptors (Lipinski definition) is 8. The summed E-state index contributed by atoms with van der Waals surface area (Å²) in [7, 11) is 3.26. The van der Waals surface area contributed by atoms with Crippen molar-refractivity contribution in [2.75, 3.05) is 77.3 Å². The molecule has 12 nitrogen and oxygen atoms in total. The van der Waals surface area contributed by atoms with Gasteiger partial charge in [0.05, 0.1) is 45.1 Å². The third-order valence-corrected chi connectivity index (χ3v) is 7.85. The molecule has 12 heteroatoms. The lowest BCUT2D eigenvalue weighted by Gasteiger charge is -2.38. The van der Waals surface area contributed by atoms with Crippen LogP contribution in [0.2, 0.25) is 0 Å². The van der Waals surface area contributed by atoms with Crippen LogP contribution in [0.5, 0.6) is 11.5 Å². The number of amides is 4. The summed E-state index contributed by atoms with van der Waals surface area (Å²) in [5, 5.41) is 15.7. The van der Waals surface area contributed by atoms with Gasteiger partial charge >= 0.3 is 6.03 Å². The van der Waals surface area contributed by atoms with Crippen LogP contribution in [0.3, 0.4) is 0 Å². The number of carbonyl (C=O) groups is 3. The molecule has 0 bridgehead atoms. The highest BCUT2D eigenvalue weighted by Crippen LogP contribution is 2.31. The monoisotopic (exact) mass is 597 g/mol. The predicted molar refractivity (Wildman–Crippen MR) is 163 cm³/mol. The molecule has 0 unspecified atom stereocenters. The number of carbonyl (C=O) groups excluding carboxylic acids is 3. The van der Waals surface area contributed by atoms with Crippen LogP contribution in [-0.2, 0) is 9.53 Å². The van der Waals surface area contributed by atoms with E-state index in [-0.39, 0.29) is 42.5 Å². The SMILES string of the molecule is COc1ccc(NC(=O)N(C)C[C@H]2Oc3ccc(NC(=O)CCN4CCOCC4)cc3C(=O)N([C@@H](C)CO)C[C@@H]2C)cc1. The van der Waals surface area contributed by atoms with Crippen molar-refractivity contribution in [1.82, 2.24) is 14.7 Å². The van der Waals surface area contributed by atoms with Crippen molar-refractivity contribution >= 4 is 29.2 Å². The van der Waals surface area contributed by atoms with E-state index in [4.69, 9.17) is 14.2 Å². The second-order valence-electron chi connectivity index (χ2n) is 11.1. The fraction of sp³-hybridized carbons (Fsp3) is 0.516. The van der Waals surface area contributed by atoms with Crippen molar-refractivity contribution in [1.29, 1.82) is 0 Å². The van der Waals surface area contributed by atoms with Gasteiger partial charge in [-0.3, -0.25) is 14.5 Å². The van der Waals surface area contributed by atoms with Crippen molar-refractivity contribution < 1.29 is 33.7 Å². The first-order valence-electron chi connectivity index (χ1n) is 14.7. The highest BCUT2D eigenvalue weighted by atomic mass is 16.5. The molecule has 3 N–H and O–H groups in total. The maximum absolute atomic E-state index is 13.7. The molecule has 43 heavy (non-hydrogen) atoms. The largest absolute Gasteiger partial charge is 0.497 e. The minimum atomic E-state index is -0.458. The normalized spacial score (nSPS) is 19.7. The van der Waals surface area contributed by atoms with Crippen molar-refractivity contribution in [2.24, 2.45) is 5.92 Å². The molecule has 2 aromatic carbocycles. The van der Waals surface area contributed by atoms with Gasteiger partial charge in [-0.05, 0) is 49.4 Å². The molecule has 4 rings (SSSR count). The topological polar surface area (TPSA) is 133 Å². The number of benzene rings is 2. The Morgan fingerprint density at radius 2 is 1.81 bits per heavy atom. The molecule has 2 heterocycles. The minimum Gasteiger partial charge on any atom is -0.497 e. The highest BCUT2D eigenvalue weighted by Gasteiger charge is 2.34. The number of nitrogens with one attached hydrogen (secondary N) is 2. The maximum Gasteiger partial charge on any atom is 0.321 e. The smallest absolute Gasteiger partial charge is 0.321 e. The predicted octanol–water partition coefficient (Wildman–Crippen LogP) is 2.74. The molecule has 1 saturated heterocycles. The fourth-order valence-electron chi connectivity index (χ4n) is 5.07. The number of aliphatic hydroxyl groups is 1. The maximum atomic E-state index is 13.7. The lowest BCUT2D eigenvalue weighted by atomic mass is 9.99. The zero-order valence-corrected chi connectivity index (χ0v) is 25.4. The van der Waals surface area contributed by atoms with Crippen LogP contribution >= 0.6 is 0 Å². The minimum absolute atomic E-state index is 0.151. The van der Waals surface area contributed by atoms with E-state index in [1.807, 2.05) is 6.92 Å². The van der Waals surface area contributed by atoms with Crippen LogP contribution in [0.1, 0.15) is 30.6 Å². The molecule has 0 radical (unpaired) electrons. The first kappa shape index (κ1) is 32.1. The summed E-state index contributed by atoms with van der Waals surface area (Å²) in [6.45, 7) is 7.66. The van der Waals surface area contributed by atoms with E-state index in [2.05, 4.69) is 15.5 Å². The molecule has 4 amide bonds. The molecule has 0 saturated carbocycles. The molecule has 2 aliphatic heterocycles. The quantitative estimate of drug-likeness (QED) is 0.381. The number of likely N-dealkylation sites (N-methyl/N-ethyl adjacent to an activating group) is 1. The third-order valence-electron chi connectivity index (χ3n) is 7.85. The molecular weight excluding hydrogens is 554 g/mol. The zero-order valence-electron chi connectivity index (χ0n) is 25.4. The third kappa shape index (κ3) is 8.59. The van der Waals surface area contributed by atoms with Gasteiger partial charge in [-0.25, -0.2) is 4.79 Å². The summed E-state index contributed by atoms with van der Waals surface area (Å²) in [6, 6.07) is 11.3. The second-order valence-corrected chi connectivity index (χ2v) is 11.1. The van der Waals surface area contributed by atoms with Gasteiger partial charge in [-0.1, -0.05) is 6.92 Å². The summed E-state index contributed by atoms with van der Waals surface area (Å²) in [6.07, 6.45) is -0.138. The number of anilines is 2. The molecule has 0 aliphatic carbocycles. The van der Waals surface area contributed by atoms with Crippen LogP contribution < -0.4 is 20.1 Å². The Labute approximate surface area is 252 Å². The molecule has 1 fully saturated rings. The van der Waals surface area contributed by atoms with Gasteiger partial charge in [0.2, 0.25) is 5.91 Å². The summed E-state index contributed by atoms with van der Waals surface area (Å²) in [4.78, 5) is 44.8. The van der Waals surface area contributed by atoms with Crippen LogP contribution in [0.4, 0.5) is 16.2 Å². The van der Waals surface area contributed by atoms with E-state index in [0.29, 0.717) is 55.6 Å². The van der Waals surface area contributed by atoms with E-state index in [9.17, 15) is 19.5 Å². The Hall–Kier alpha value is -3.87. The van der Waals surface area contributed by atoms with E-state index >= 15 is 0 Å². The number of rotatable bonds is 10. The highest BCUT2D eigenvalue weighted by molar-refractivity contribution is 6.00. The van der Waals surface area contributed by atoms with E-state index in [0.717, 1.165) is 13.1 Å². The number of ether oxygens (including phenoxy) is 3. The molecule has 3 atom stereocenters. The average Bonchev–Trinajstić information content (AvgIpc) is 3.02. The van der Waals surface area contributed by atoms with Gasteiger partial charge in [-0.15, -0.1) is 0 Å². The molecule has 2 aliphatic rings. The van der Waals surface area contributed by atoms with Crippen LogP contribution in [0.15, 0.2) is 42.5 Å². The first-order chi connectivity index (χ1) is 20.7. The van der Waals surface area contributed by atoms with Crippen molar-refractivity contribution in [2.45, 2.75) is 32.4 Å². The number of aliphatic hydroxyl groups excluding tert-OH is 1. The molecular formula is C31H43N5O7. The lowest BCUT2D eigenvalue weighted by molar-refractivity contribution is -0.116. The summed E-state index contributed by atoms with van der Waals surface area (Å²) in [5.74, 6) is 0.432. The van der Waals surface area contributed by atoms with Crippen LogP contribution in [0.25, 0.3) is 0 Å². The molecule has 2 aromatic rings. The average molecular weight is 598 g/mol. The van der Waals surface area contributed by atoms with Gasteiger partial charge in [0.1, 0.15) is 17.6 Å². The number of urea groups is 1. The zero-order chi connectivity index (χ0) is 30.9. The number of methoxy groups -OCH3 is 1. The molecule has 0 spiro atoms. The van der Waals surface area contributed by atoms with E-state index < -0.39 is 12.1 Å². The Morgan fingerprint density at radius 1 is 1.12 bits per heavy atom. The number of morpholine rings is 1. The Bertz CT molecular complexity index is 1250. The Balaban J connectivity index is 1.48. The number of hydrogen-bond donors (Lipinski definition) is 3. The second kappa shape index (κ2) is 15.0. The number of nitrogens with zero attached hydrogens (tertiary/aromatic N) is 3. The van der Waals surface area contributed by atoms with Gasteiger partial charge in [-0.2, -0.15) is 0 Å². The van der Waals surface area contributed by atoms with Crippen LogP contribution in [0, 0.1) is 5.92 Å². The summed E-state index contributed by atoms with van der Waals surface area (Å²) < 4.78 is 16.9. The van der Waals surface area contributed by atoms with Crippen LogP contribution in [-0.4, -0.2) is 116 Å². The van der Waals surface area contributed by atoms with Gasteiger partial charge in [0, 0.05) is 56.9 Å². The molecule has 0 aromatic heterocycles. The van der Waals surface area contributed by atoms with E-state index in [1.54, 1.807) is 68.4 Å². The van der Waals surface area contributed by atoms with Crippen molar-refractivity contribution in [3.05, 3.63) is 48.0 Å². The van der Waals surface area contributed by atoms with Crippen molar-refractivity contribution in [3.63, 3.8) is 0 Å². The summed E-state index contributed by atoms with van der Waals surface area (Å²) >= 11 is 0. The lowest BCUT2D eigenvalue weighted by Crippen LogP contribution is -2.50.